The van der Waals surface area contributed by atoms with Crippen LogP contribution < -0.4 is 5.56 Å². The van der Waals surface area contributed by atoms with E-state index < -0.39 is 11.7 Å². The van der Waals surface area contributed by atoms with E-state index in [0.717, 1.165) is 36.3 Å². The number of nitrogens with zero attached hydrogens (tertiary/aromatic N) is 3. The highest BCUT2D eigenvalue weighted by Gasteiger charge is 2.33. The summed E-state index contributed by atoms with van der Waals surface area (Å²) in [5.41, 5.74) is 4.90. The zero-order chi connectivity index (χ0) is 23.6. The van der Waals surface area contributed by atoms with Gasteiger partial charge in [-0.25, -0.2) is 0 Å². The van der Waals surface area contributed by atoms with Crippen molar-refractivity contribution in [3.05, 3.63) is 88.0 Å². The molecule has 7 heteroatoms. The fraction of sp³-hybridized carbons (Fsp3) is 0.296. The predicted octanol–water partition coefficient (Wildman–Crippen LogP) is 5.54. The largest absolute Gasteiger partial charge is 0.416 e. The second kappa shape index (κ2) is 7.60. The van der Waals surface area contributed by atoms with Gasteiger partial charge in [0.05, 0.1) is 16.8 Å². The maximum absolute atomic E-state index is 13.0. The summed E-state index contributed by atoms with van der Waals surface area (Å²) in [4.78, 5) is 15.5. The molecule has 1 saturated heterocycles. The van der Waals surface area contributed by atoms with Crippen molar-refractivity contribution in [2.45, 2.75) is 38.0 Å². The van der Waals surface area contributed by atoms with Crippen molar-refractivity contribution >= 4 is 10.9 Å². The smallest absolute Gasteiger partial charge is 0.347 e. The van der Waals surface area contributed by atoms with Gasteiger partial charge in [0.25, 0.3) is 5.56 Å². The highest BCUT2D eigenvalue weighted by molar-refractivity contribution is 5.87. The van der Waals surface area contributed by atoms with E-state index in [1.807, 2.05) is 6.07 Å². The summed E-state index contributed by atoms with van der Waals surface area (Å²) in [6.07, 6.45) is 0.902. The molecular formula is C27H24F3N3O. The monoisotopic (exact) mass is 463 g/mol. The van der Waals surface area contributed by atoms with Crippen LogP contribution in [0.4, 0.5) is 13.2 Å². The fourth-order valence-electron chi connectivity index (χ4n) is 5.63. The Morgan fingerprint density at radius 3 is 2.50 bits per heavy atom. The van der Waals surface area contributed by atoms with Crippen molar-refractivity contribution in [2.24, 2.45) is 7.05 Å². The van der Waals surface area contributed by atoms with Gasteiger partial charge >= 0.3 is 6.18 Å². The van der Waals surface area contributed by atoms with E-state index >= 15 is 0 Å². The molecule has 4 aromatic rings. The van der Waals surface area contributed by atoms with Gasteiger partial charge in [0.15, 0.2) is 0 Å². The molecular weight excluding hydrogens is 439 g/mol. The molecule has 4 nitrogen and oxygen atoms in total. The third-order valence-corrected chi connectivity index (χ3v) is 7.45. The minimum absolute atomic E-state index is 0.226. The van der Waals surface area contributed by atoms with Crippen LogP contribution in [0.25, 0.3) is 27.7 Å². The summed E-state index contributed by atoms with van der Waals surface area (Å²) >= 11 is 0. The molecule has 1 fully saturated rings. The Kier molecular flexibility index (Phi) is 4.74. The summed E-state index contributed by atoms with van der Waals surface area (Å²) in [5.74, 6) is 0. The normalized spacial score (nSPS) is 18.3. The number of fused-ring (bicyclic) bond motifs is 4. The molecule has 0 amide bonds. The molecule has 4 heterocycles. The fourth-order valence-corrected chi connectivity index (χ4v) is 5.63. The Morgan fingerprint density at radius 2 is 1.76 bits per heavy atom. The Balaban J connectivity index is 1.35. The van der Waals surface area contributed by atoms with Crippen molar-refractivity contribution in [1.29, 1.82) is 0 Å². The van der Waals surface area contributed by atoms with Crippen LogP contribution in [0.2, 0.25) is 0 Å². The number of aryl methyl sites for hydroxylation is 1. The number of alkyl halides is 3. The minimum Gasteiger partial charge on any atom is -0.347 e. The zero-order valence-electron chi connectivity index (χ0n) is 18.8. The van der Waals surface area contributed by atoms with Crippen LogP contribution >= 0.6 is 0 Å². The highest BCUT2D eigenvalue weighted by Crippen LogP contribution is 2.36. The van der Waals surface area contributed by atoms with E-state index in [4.69, 9.17) is 0 Å². The molecule has 0 saturated carbocycles. The molecule has 2 aromatic heterocycles. The molecule has 0 N–H and O–H groups in total. The second-order valence-electron chi connectivity index (χ2n) is 9.36. The Labute approximate surface area is 194 Å². The maximum Gasteiger partial charge on any atom is 0.416 e. The maximum atomic E-state index is 13.0. The quantitative estimate of drug-likeness (QED) is 0.391. The van der Waals surface area contributed by atoms with Gasteiger partial charge in [0, 0.05) is 49.4 Å². The van der Waals surface area contributed by atoms with Crippen LogP contribution in [0, 0.1) is 0 Å². The Bertz CT molecular complexity index is 1460. The number of rotatable bonds is 2. The van der Waals surface area contributed by atoms with Crippen molar-refractivity contribution in [3.63, 3.8) is 0 Å². The molecule has 0 bridgehead atoms. The van der Waals surface area contributed by atoms with Gasteiger partial charge in [0.1, 0.15) is 0 Å². The minimum atomic E-state index is -4.38. The molecule has 1 unspecified atom stereocenters. The van der Waals surface area contributed by atoms with Crippen LogP contribution in [0.15, 0.2) is 65.6 Å². The van der Waals surface area contributed by atoms with Gasteiger partial charge in [0.2, 0.25) is 0 Å². The molecule has 2 aromatic carbocycles. The first-order valence-corrected chi connectivity index (χ1v) is 11.5. The van der Waals surface area contributed by atoms with Crippen molar-refractivity contribution in [3.8, 4) is 16.8 Å². The van der Waals surface area contributed by atoms with Crippen molar-refractivity contribution in [2.75, 3.05) is 6.54 Å². The lowest BCUT2D eigenvalue weighted by atomic mass is 9.99. The van der Waals surface area contributed by atoms with Crippen LogP contribution in [0.1, 0.15) is 29.7 Å². The van der Waals surface area contributed by atoms with Crippen LogP contribution in [0.3, 0.4) is 0 Å². The third-order valence-electron chi connectivity index (χ3n) is 7.45. The van der Waals surface area contributed by atoms with E-state index in [0.29, 0.717) is 17.2 Å². The van der Waals surface area contributed by atoms with E-state index in [1.54, 1.807) is 16.8 Å². The van der Waals surface area contributed by atoms with Crippen LogP contribution in [0.5, 0.6) is 0 Å². The van der Waals surface area contributed by atoms with Gasteiger partial charge in [-0.3, -0.25) is 14.3 Å². The number of halogens is 3. The number of benzene rings is 2. The molecule has 1 atom stereocenters. The Morgan fingerprint density at radius 1 is 0.971 bits per heavy atom. The number of pyridine rings is 1. The van der Waals surface area contributed by atoms with Crippen LogP contribution in [-0.4, -0.2) is 26.6 Å². The second-order valence-corrected chi connectivity index (χ2v) is 9.36. The molecule has 0 aliphatic carbocycles. The first-order chi connectivity index (χ1) is 16.3. The predicted molar refractivity (Wildman–Crippen MR) is 126 cm³/mol. The van der Waals surface area contributed by atoms with E-state index in [2.05, 4.69) is 28.6 Å². The van der Waals surface area contributed by atoms with E-state index in [9.17, 15) is 18.0 Å². The van der Waals surface area contributed by atoms with Gasteiger partial charge in [-0.05, 0) is 66.4 Å². The average molecular weight is 464 g/mol. The van der Waals surface area contributed by atoms with Crippen molar-refractivity contribution in [1.82, 2.24) is 14.0 Å². The van der Waals surface area contributed by atoms with Gasteiger partial charge in [-0.1, -0.05) is 18.2 Å². The SMILES string of the molecule is Cn1c2c(c3ccc(-n4ccc(-c5ccc(C(F)(F)F)cc5)cc4=O)cc31)CN1CCCC1C2. The van der Waals surface area contributed by atoms with Gasteiger partial charge < -0.3 is 4.57 Å². The first kappa shape index (κ1) is 21.2. The third kappa shape index (κ3) is 3.38. The molecule has 0 spiro atoms. The summed E-state index contributed by atoms with van der Waals surface area (Å²) in [7, 11) is 2.10. The summed E-state index contributed by atoms with van der Waals surface area (Å²) in [6, 6.07) is 14.9. The summed E-state index contributed by atoms with van der Waals surface area (Å²) < 4.78 is 42.4. The van der Waals surface area contributed by atoms with E-state index in [1.165, 1.54) is 54.2 Å². The topological polar surface area (TPSA) is 30.2 Å². The summed E-state index contributed by atoms with van der Waals surface area (Å²) in [5, 5.41) is 1.24. The highest BCUT2D eigenvalue weighted by atomic mass is 19.4. The number of aromatic nitrogens is 2. The average Bonchev–Trinajstić information content (AvgIpc) is 3.39. The molecule has 0 radical (unpaired) electrons. The van der Waals surface area contributed by atoms with E-state index in [-0.39, 0.29) is 5.56 Å². The van der Waals surface area contributed by atoms with Gasteiger partial charge in [-0.2, -0.15) is 13.2 Å². The lowest BCUT2D eigenvalue weighted by Gasteiger charge is -2.30. The van der Waals surface area contributed by atoms with Crippen LogP contribution in [-0.2, 0) is 26.2 Å². The Hall–Kier alpha value is -3.32. The summed E-state index contributed by atoms with van der Waals surface area (Å²) in [6.45, 7) is 2.15. The lowest BCUT2D eigenvalue weighted by molar-refractivity contribution is -0.137. The zero-order valence-corrected chi connectivity index (χ0v) is 18.8. The standard InChI is InChI=1S/C27H24F3N3O/c1-31-24-15-21(8-9-22(24)23-16-32-11-2-3-20(32)14-25(23)31)33-12-10-18(13-26(33)34)17-4-6-19(7-5-17)27(28,29)30/h4-10,12-13,15,20H,2-3,11,14,16H2,1H3. The van der Waals surface area contributed by atoms with Gasteiger partial charge in [-0.15, -0.1) is 0 Å². The van der Waals surface area contributed by atoms with Crippen molar-refractivity contribution < 1.29 is 13.2 Å². The molecule has 2 aliphatic rings. The molecule has 2 aliphatic heterocycles. The molecule has 6 rings (SSSR count). The number of hydrogen-bond donors (Lipinski definition) is 0. The number of hydrogen-bond acceptors (Lipinski definition) is 2. The first-order valence-electron chi connectivity index (χ1n) is 11.5. The lowest BCUT2D eigenvalue weighted by Crippen LogP contribution is -2.35. The molecule has 34 heavy (non-hydrogen) atoms. The molecule has 174 valence electrons.